The molecule has 0 spiro atoms. The molecule has 0 fully saturated rings. The second-order valence-electron chi connectivity index (χ2n) is 3.21. The number of esters is 1. The molecule has 0 heterocycles. The van der Waals surface area contributed by atoms with Gasteiger partial charge >= 0.3 is 17.9 Å². The lowest BCUT2D eigenvalue weighted by atomic mass is 10.1. The molecule has 0 bridgehead atoms. The van der Waals surface area contributed by atoms with Crippen LogP contribution in [0.3, 0.4) is 0 Å². The van der Waals surface area contributed by atoms with E-state index in [2.05, 4.69) is 4.74 Å². The minimum Gasteiger partial charge on any atom is -0.478 e. The molecule has 3 N–H and O–H groups in total. The van der Waals surface area contributed by atoms with Crippen LogP contribution < -0.4 is 0 Å². The highest BCUT2D eigenvalue weighted by Gasteiger charge is 2.22. The Morgan fingerprint density at radius 2 is 1.56 bits per heavy atom. The number of carbonyl (C=O) groups excluding carboxylic acids is 1. The van der Waals surface area contributed by atoms with Gasteiger partial charge in [-0.15, -0.1) is 0 Å². The van der Waals surface area contributed by atoms with Gasteiger partial charge in [0.25, 0.3) is 0 Å². The number of aliphatic hydroxyl groups is 2. The Bertz CT molecular complexity index is 400. The Hall–Kier alpha value is -1.92. The summed E-state index contributed by atoms with van der Waals surface area (Å²) in [5.74, 6) is -4.62. The first-order valence-electron chi connectivity index (χ1n) is 4.31. The molecular formula is C10H10O6. The Morgan fingerprint density at radius 1 is 1.12 bits per heavy atom. The average Bonchev–Trinajstić information content (AvgIpc) is 2.15. The molecule has 86 valence electrons. The zero-order valence-electron chi connectivity index (χ0n) is 8.38. The van der Waals surface area contributed by atoms with Gasteiger partial charge in [0.15, 0.2) is 0 Å². The molecule has 1 aromatic rings. The first-order valence-corrected chi connectivity index (χ1v) is 4.31. The standard InChI is InChI=1S/C10H10O6/c1-10(14,15)16-9(13)7-4-2-6(3-5-7)8(11)12/h2-5,14-15H,1H3,(H,11,12). The van der Waals surface area contributed by atoms with Crippen molar-refractivity contribution in [2.45, 2.75) is 12.9 Å². The molecule has 0 saturated heterocycles. The van der Waals surface area contributed by atoms with E-state index in [1.807, 2.05) is 0 Å². The summed E-state index contributed by atoms with van der Waals surface area (Å²) >= 11 is 0. The highest BCUT2D eigenvalue weighted by molar-refractivity contribution is 5.92. The lowest BCUT2D eigenvalue weighted by Crippen LogP contribution is -2.30. The Labute approximate surface area is 90.7 Å². The predicted octanol–water partition coefficient (Wildman–Crippen LogP) is 0.200. The van der Waals surface area contributed by atoms with Gasteiger partial charge in [-0.2, -0.15) is 0 Å². The molecule has 0 radical (unpaired) electrons. The lowest BCUT2D eigenvalue weighted by Gasteiger charge is -2.15. The summed E-state index contributed by atoms with van der Waals surface area (Å²) in [6.07, 6.45) is 0. The number of carboxylic acids is 1. The molecule has 0 saturated carbocycles. The minimum atomic E-state index is -2.55. The van der Waals surface area contributed by atoms with Crippen LogP contribution in [0.4, 0.5) is 0 Å². The third-order valence-electron chi connectivity index (χ3n) is 1.65. The number of hydrogen-bond acceptors (Lipinski definition) is 5. The summed E-state index contributed by atoms with van der Waals surface area (Å²) in [4.78, 5) is 21.8. The summed E-state index contributed by atoms with van der Waals surface area (Å²) in [6.45, 7) is 0.885. The first-order chi connectivity index (χ1) is 7.29. The summed E-state index contributed by atoms with van der Waals surface area (Å²) in [5, 5.41) is 26.2. The third-order valence-corrected chi connectivity index (χ3v) is 1.65. The molecular weight excluding hydrogens is 216 g/mol. The highest BCUT2D eigenvalue weighted by atomic mass is 16.8. The van der Waals surface area contributed by atoms with Crippen LogP contribution in [0.2, 0.25) is 0 Å². The molecule has 1 aromatic carbocycles. The maximum absolute atomic E-state index is 11.3. The number of ether oxygens (including phenoxy) is 1. The molecule has 0 aliphatic heterocycles. The van der Waals surface area contributed by atoms with E-state index in [-0.39, 0.29) is 11.1 Å². The van der Waals surface area contributed by atoms with Crippen LogP contribution in [0.15, 0.2) is 24.3 Å². The zero-order chi connectivity index (χ0) is 12.3. The Morgan fingerprint density at radius 3 is 1.94 bits per heavy atom. The van der Waals surface area contributed by atoms with E-state index < -0.39 is 17.9 Å². The number of carboxylic acid groups (broad SMARTS) is 1. The lowest BCUT2D eigenvalue weighted by molar-refractivity contribution is -0.293. The van der Waals surface area contributed by atoms with E-state index >= 15 is 0 Å². The van der Waals surface area contributed by atoms with E-state index in [1.54, 1.807) is 0 Å². The fraction of sp³-hybridized carbons (Fsp3) is 0.200. The van der Waals surface area contributed by atoms with Crippen molar-refractivity contribution in [2.24, 2.45) is 0 Å². The van der Waals surface area contributed by atoms with Crippen LogP contribution >= 0.6 is 0 Å². The van der Waals surface area contributed by atoms with Gasteiger partial charge in [0.05, 0.1) is 11.1 Å². The van der Waals surface area contributed by atoms with Gasteiger partial charge in [-0.1, -0.05) is 0 Å². The Balaban J connectivity index is 2.82. The van der Waals surface area contributed by atoms with Crippen molar-refractivity contribution in [1.82, 2.24) is 0 Å². The molecule has 6 nitrogen and oxygen atoms in total. The third kappa shape index (κ3) is 3.34. The number of hydrogen-bond donors (Lipinski definition) is 3. The molecule has 0 amide bonds. The SMILES string of the molecule is CC(O)(O)OC(=O)c1ccc(C(=O)O)cc1. The number of rotatable bonds is 3. The molecule has 0 atom stereocenters. The van der Waals surface area contributed by atoms with E-state index in [0.29, 0.717) is 0 Å². The van der Waals surface area contributed by atoms with Crippen LogP contribution in [0.1, 0.15) is 27.6 Å². The van der Waals surface area contributed by atoms with Crippen molar-refractivity contribution in [1.29, 1.82) is 0 Å². The highest BCUT2D eigenvalue weighted by Crippen LogP contribution is 2.09. The normalized spacial score (nSPS) is 10.9. The second kappa shape index (κ2) is 4.30. The van der Waals surface area contributed by atoms with E-state index in [9.17, 15) is 9.59 Å². The smallest absolute Gasteiger partial charge is 0.342 e. The molecule has 0 unspecified atom stereocenters. The van der Waals surface area contributed by atoms with Gasteiger partial charge < -0.3 is 20.1 Å². The summed E-state index contributed by atoms with van der Waals surface area (Å²) in [5.41, 5.74) is 0.0478. The number of carbonyl (C=O) groups is 2. The molecule has 0 aromatic heterocycles. The Kier molecular flexibility index (Phi) is 3.26. The zero-order valence-corrected chi connectivity index (χ0v) is 8.38. The molecule has 0 aliphatic carbocycles. The fourth-order valence-electron chi connectivity index (χ4n) is 0.983. The largest absolute Gasteiger partial charge is 0.478 e. The topological polar surface area (TPSA) is 104 Å². The summed E-state index contributed by atoms with van der Waals surface area (Å²) < 4.78 is 4.25. The van der Waals surface area contributed by atoms with Crippen molar-refractivity contribution in [3.05, 3.63) is 35.4 Å². The molecule has 0 aliphatic rings. The van der Waals surface area contributed by atoms with Crippen molar-refractivity contribution >= 4 is 11.9 Å². The molecule has 6 heteroatoms. The van der Waals surface area contributed by atoms with Gasteiger partial charge in [-0.3, -0.25) is 0 Å². The van der Waals surface area contributed by atoms with E-state index in [4.69, 9.17) is 15.3 Å². The number of aromatic carboxylic acids is 1. The average molecular weight is 226 g/mol. The van der Waals surface area contributed by atoms with Gasteiger partial charge in [0.2, 0.25) is 0 Å². The van der Waals surface area contributed by atoms with Crippen LogP contribution in [-0.2, 0) is 4.74 Å². The van der Waals surface area contributed by atoms with Crippen molar-refractivity contribution in [3.63, 3.8) is 0 Å². The first kappa shape index (κ1) is 12.2. The quantitative estimate of drug-likeness (QED) is 0.502. The van der Waals surface area contributed by atoms with Crippen molar-refractivity contribution in [2.75, 3.05) is 0 Å². The second-order valence-corrected chi connectivity index (χ2v) is 3.21. The summed E-state index contributed by atoms with van der Waals surface area (Å²) in [6, 6.07) is 4.87. The molecule has 1 rings (SSSR count). The monoisotopic (exact) mass is 226 g/mol. The number of benzene rings is 1. The molecule has 16 heavy (non-hydrogen) atoms. The maximum Gasteiger partial charge on any atom is 0.342 e. The van der Waals surface area contributed by atoms with Crippen LogP contribution in [0.5, 0.6) is 0 Å². The van der Waals surface area contributed by atoms with Gasteiger partial charge in [0, 0.05) is 6.92 Å². The van der Waals surface area contributed by atoms with Crippen molar-refractivity contribution < 1.29 is 29.6 Å². The minimum absolute atomic E-state index is 0.0207. The van der Waals surface area contributed by atoms with E-state index in [1.165, 1.54) is 24.3 Å². The van der Waals surface area contributed by atoms with Gasteiger partial charge in [-0.05, 0) is 24.3 Å². The maximum atomic E-state index is 11.3. The van der Waals surface area contributed by atoms with Crippen molar-refractivity contribution in [3.8, 4) is 0 Å². The van der Waals surface area contributed by atoms with Crippen LogP contribution in [0.25, 0.3) is 0 Å². The van der Waals surface area contributed by atoms with Crippen LogP contribution in [-0.4, -0.2) is 33.2 Å². The van der Waals surface area contributed by atoms with Gasteiger partial charge in [-0.25, -0.2) is 9.59 Å². The predicted molar refractivity (Wildman–Crippen MR) is 51.7 cm³/mol. The van der Waals surface area contributed by atoms with E-state index in [0.717, 1.165) is 6.92 Å². The van der Waals surface area contributed by atoms with Crippen LogP contribution in [0, 0.1) is 0 Å². The summed E-state index contributed by atoms with van der Waals surface area (Å²) in [7, 11) is 0. The fourth-order valence-corrected chi connectivity index (χ4v) is 0.983. The van der Waals surface area contributed by atoms with Gasteiger partial charge in [0.1, 0.15) is 0 Å².